The van der Waals surface area contributed by atoms with E-state index < -0.39 is 17.8 Å². The third kappa shape index (κ3) is 5.13. The Morgan fingerprint density at radius 2 is 1.90 bits per heavy atom. The van der Waals surface area contributed by atoms with Gasteiger partial charge in [-0.1, -0.05) is 12.1 Å². The highest BCUT2D eigenvalue weighted by molar-refractivity contribution is 5.95. The van der Waals surface area contributed by atoms with Gasteiger partial charge >= 0.3 is 5.97 Å². The second-order valence-corrected chi connectivity index (χ2v) is 4.20. The first-order valence-corrected chi connectivity index (χ1v) is 6.37. The van der Waals surface area contributed by atoms with Gasteiger partial charge in [0.15, 0.2) is 6.61 Å². The molecule has 0 radical (unpaired) electrons. The standard InChI is InChI=1S/C14H18N2O5/c1-3-20-13(18)8-16(2)12(17)9-21-11-7-5-4-6-10(11)14(15)19/h4-7H,3,8-9H2,1-2H3,(H2,15,19). The van der Waals surface area contributed by atoms with Gasteiger partial charge in [-0.15, -0.1) is 0 Å². The average molecular weight is 294 g/mol. The number of para-hydroxylation sites is 1. The molecule has 0 spiro atoms. The average Bonchev–Trinajstić information content (AvgIpc) is 2.45. The maximum absolute atomic E-state index is 11.8. The van der Waals surface area contributed by atoms with Crippen LogP contribution in [0.15, 0.2) is 24.3 Å². The van der Waals surface area contributed by atoms with Crippen molar-refractivity contribution in [3.8, 4) is 5.75 Å². The highest BCUT2D eigenvalue weighted by atomic mass is 16.5. The number of hydrogen-bond donors (Lipinski definition) is 1. The maximum Gasteiger partial charge on any atom is 0.325 e. The van der Waals surface area contributed by atoms with Crippen molar-refractivity contribution in [2.24, 2.45) is 5.73 Å². The van der Waals surface area contributed by atoms with Crippen LogP contribution in [0.1, 0.15) is 17.3 Å². The van der Waals surface area contributed by atoms with Crippen LogP contribution in [0.5, 0.6) is 5.75 Å². The molecule has 0 aliphatic heterocycles. The van der Waals surface area contributed by atoms with Crippen molar-refractivity contribution in [1.82, 2.24) is 4.90 Å². The fourth-order valence-corrected chi connectivity index (χ4v) is 1.53. The monoisotopic (exact) mass is 294 g/mol. The van der Waals surface area contributed by atoms with Crippen LogP contribution in [0.2, 0.25) is 0 Å². The van der Waals surface area contributed by atoms with Gasteiger partial charge in [0.2, 0.25) is 0 Å². The molecule has 7 heteroatoms. The second kappa shape index (κ2) is 7.88. The lowest BCUT2D eigenvalue weighted by atomic mass is 10.2. The molecule has 2 amide bonds. The Hall–Kier alpha value is -2.57. The molecular weight excluding hydrogens is 276 g/mol. The Morgan fingerprint density at radius 3 is 2.52 bits per heavy atom. The minimum atomic E-state index is -0.641. The van der Waals surface area contributed by atoms with Gasteiger partial charge in [-0.25, -0.2) is 0 Å². The van der Waals surface area contributed by atoms with Crippen LogP contribution in [0.3, 0.4) is 0 Å². The molecule has 114 valence electrons. The van der Waals surface area contributed by atoms with Crippen LogP contribution in [0.25, 0.3) is 0 Å². The van der Waals surface area contributed by atoms with Crippen molar-refractivity contribution < 1.29 is 23.9 Å². The van der Waals surface area contributed by atoms with Crippen molar-refractivity contribution in [3.63, 3.8) is 0 Å². The fourth-order valence-electron chi connectivity index (χ4n) is 1.53. The van der Waals surface area contributed by atoms with Gasteiger partial charge in [0.1, 0.15) is 12.3 Å². The molecule has 21 heavy (non-hydrogen) atoms. The first-order valence-electron chi connectivity index (χ1n) is 6.37. The first kappa shape index (κ1) is 16.5. The Morgan fingerprint density at radius 1 is 1.24 bits per heavy atom. The van der Waals surface area contributed by atoms with Gasteiger partial charge in [0.25, 0.3) is 11.8 Å². The molecule has 0 saturated carbocycles. The van der Waals surface area contributed by atoms with Gasteiger partial charge in [-0.05, 0) is 19.1 Å². The van der Waals surface area contributed by atoms with Crippen LogP contribution >= 0.6 is 0 Å². The number of primary amides is 1. The molecule has 1 aromatic carbocycles. The molecule has 0 aromatic heterocycles. The van der Waals surface area contributed by atoms with Crippen molar-refractivity contribution >= 4 is 17.8 Å². The summed E-state index contributed by atoms with van der Waals surface area (Å²) in [4.78, 5) is 35.5. The summed E-state index contributed by atoms with van der Waals surface area (Å²) in [6.45, 7) is 1.47. The number of likely N-dealkylation sites (N-methyl/N-ethyl adjacent to an activating group) is 1. The zero-order valence-electron chi connectivity index (χ0n) is 12.0. The molecule has 1 aromatic rings. The van der Waals surface area contributed by atoms with Gasteiger partial charge in [0, 0.05) is 7.05 Å². The van der Waals surface area contributed by atoms with Gasteiger partial charge in [0.05, 0.1) is 12.2 Å². The number of carbonyl (C=O) groups is 3. The third-order valence-electron chi connectivity index (χ3n) is 2.60. The lowest BCUT2D eigenvalue weighted by Crippen LogP contribution is -2.36. The van der Waals surface area contributed by atoms with E-state index in [1.165, 1.54) is 18.0 Å². The van der Waals surface area contributed by atoms with Crippen LogP contribution in [0, 0.1) is 0 Å². The molecule has 0 heterocycles. The highest BCUT2D eigenvalue weighted by Crippen LogP contribution is 2.17. The van der Waals surface area contributed by atoms with E-state index in [9.17, 15) is 14.4 Å². The van der Waals surface area contributed by atoms with Gasteiger partial charge in [-0.2, -0.15) is 0 Å². The molecular formula is C14H18N2O5. The van der Waals surface area contributed by atoms with E-state index in [0.717, 1.165) is 0 Å². The Balaban J connectivity index is 2.57. The molecule has 0 bridgehead atoms. The number of benzene rings is 1. The van der Waals surface area contributed by atoms with E-state index in [1.807, 2.05) is 0 Å². The molecule has 0 atom stereocenters. The van der Waals surface area contributed by atoms with E-state index in [4.69, 9.17) is 15.2 Å². The smallest absolute Gasteiger partial charge is 0.325 e. The quantitative estimate of drug-likeness (QED) is 0.723. The van der Waals surface area contributed by atoms with E-state index in [0.29, 0.717) is 0 Å². The van der Waals surface area contributed by atoms with E-state index >= 15 is 0 Å². The minimum Gasteiger partial charge on any atom is -0.483 e. The van der Waals surface area contributed by atoms with E-state index in [2.05, 4.69) is 0 Å². The topological polar surface area (TPSA) is 98.9 Å². The lowest BCUT2D eigenvalue weighted by molar-refractivity contribution is -0.148. The number of carbonyl (C=O) groups excluding carboxylic acids is 3. The molecule has 0 saturated heterocycles. The molecule has 0 fully saturated rings. The SMILES string of the molecule is CCOC(=O)CN(C)C(=O)COc1ccccc1C(N)=O. The first-order chi connectivity index (χ1) is 9.95. The van der Waals surface area contributed by atoms with Gasteiger partial charge in [-0.3, -0.25) is 14.4 Å². The van der Waals surface area contributed by atoms with Crippen molar-refractivity contribution in [2.75, 3.05) is 26.8 Å². The van der Waals surface area contributed by atoms with Crippen molar-refractivity contribution in [3.05, 3.63) is 29.8 Å². The molecule has 0 aliphatic carbocycles. The molecule has 7 nitrogen and oxygen atoms in total. The lowest BCUT2D eigenvalue weighted by Gasteiger charge is -2.17. The van der Waals surface area contributed by atoms with E-state index in [1.54, 1.807) is 25.1 Å². The summed E-state index contributed by atoms with van der Waals surface area (Å²) >= 11 is 0. The summed E-state index contributed by atoms with van der Waals surface area (Å²) in [6.07, 6.45) is 0. The Bertz CT molecular complexity index is 530. The highest BCUT2D eigenvalue weighted by Gasteiger charge is 2.15. The largest absolute Gasteiger partial charge is 0.483 e. The zero-order valence-corrected chi connectivity index (χ0v) is 12.0. The summed E-state index contributed by atoms with van der Waals surface area (Å²) in [5.74, 6) is -1.32. The summed E-state index contributed by atoms with van der Waals surface area (Å²) in [7, 11) is 1.46. The Labute approximate surface area is 122 Å². The number of ether oxygens (including phenoxy) is 2. The number of esters is 1. The predicted molar refractivity (Wildman–Crippen MR) is 74.7 cm³/mol. The molecule has 0 aliphatic rings. The number of amides is 2. The summed E-state index contributed by atoms with van der Waals surface area (Å²) in [6, 6.07) is 6.35. The molecule has 1 rings (SSSR count). The maximum atomic E-state index is 11.8. The molecule has 0 unspecified atom stereocenters. The zero-order chi connectivity index (χ0) is 15.8. The minimum absolute atomic E-state index is 0.159. The fraction of sp³-hybridized carbons (Fsp3) is 0.357. The summed E-state index contributed by atoms with van der Waals surface area (Å²) < 4.78 is 10.0. The number of nitrogens with two attached hydrogens (primary N) is 1. The van der Waals surface area contributed by atoms with Crippen LogP contribution < -0.4 is 10.5 Å². The van der Waals surface area contributed by atoms with Crippen molar-refractivity contribution in [2.45, 2.75) is 6.92 Å². The predicted octanol–water partition coefficient (Wildman–Crippen LogP) is 0.186. The van der Waals surface area contributed by atoms with Crippen molar-refractivity contribution in [1.29, 1.82) is 0 Å². The van der Waals surface area contributed by atoms with Crippen LogP contribution in [-0.4, -0.2) is 49.5 Å². The summed E-state index contributed by atoms with van der Waals surface area (Å²) in [5, 5.41) is 0. The normalized spacial score (nSPS) is 9.81. The summed E-state index contributed by atoms with van der Waals surface area (Å²) in [5.41, 5.74) is 5.40. The van der Waals surface area contributed by atoms with Crippen LogP contribution in [-0.2, 0) is 14.3 Å². The van der Waals surface area contributed by atoms with Gasteiger partial charge < -0.3 is 20.1 Å². The number of nitrogens with zero attached hydrogens (tertiary/aromatic N) is 1. The van der Waals surface area contributed by atoms with E-state index in [-0.39, 0.29) is 31.1 Å². The Kier molecular flexibility index (Phi) is 6.19. The molecule has 2 N–H and O–H groups in total. The second-order valence-electron chi connectivity index (χ2n) is 4.20. The third-order valence-corrected chi connectivity index (χ3v) is 2.60. The number of hydrogen-bond acceptors (Lipinski definition) is 5. The van der Waals surface area contributed by atoms with Crippen LogP contribution in [0.4, 0.5) is 0 Å². The number of rotatable bonds is 7.